The van der Waals surface area contributed by atoms with Crippen molar-refractivity contribution < 1.29 is 18.4 Å². The van der Waals surface area contributed by atoms with Crippen LogP contribution in [0.15, 0.2) is 0 Å². The molecule has 31 heavy (non-hydrogen) atoms. The zero-order valence-corrected chi connectivity index (χ0v) is 18.6. The number of nitrogens with zero attached hydrogens (tertiary/aromatic N) is 1. The number of amides is 2. The minimum absolute atomic E-state index is 0.0758. The molecule has 2 amide bonds. The number of nitrogens with one attached hydrogen (secondary N) is 2. The van der Waals surface area contributed by atoms with Crippen LogP contribution in [-0.2, 0) is 9.59 Å². The Balaban J connectivity index is 1.17. The Bertz CT molecular complexity index is 688. The van der Waals surface area contributed by atoms with Gasteiger partial charge in [-0.1, -0.05) is 6.92 Å². The van der Waals surface area contributed by atoms with Crippen molar-refractivity contribution in [3.63, 3.8) is 0 Å². The summed E-state index contributed by atoms with van der Waals surface area (Å²) >= 11 is 0. The van der Waals surface area contributed by atoms with E-state index in [0.29, 0.717) is 50.0 Å². The van der Waals surface area contributed by atoms with E-state index in [2.05, 4.69) is 17.6 Å². The van der Waals surface area contributed by atoms with Crippen molar-refractivity contribution in [3.8, 4) is 0 Å². The van der Waals surface area contributed by atoms with E-state index >= 15 is 0 Å². The second-order valence-electron chi connectivity index (χ2n) is 11.0. The van der Waals surface area contributed by atoms with Crippen LogP contribution in [-0.4, -0.2) is 59.8 Å². The number of rotatable bonds is 3. The van der Waals surface area contributed by atoms with Crippen LogP contribution in [0.4, 0.5) is 8.78 Å². The van der Waals surface area contributed by atoms with Gasteiger partial charge in [0.25, 0.3) is 0 Å². The standard InChI is InChI=1S/C24H37F2N3O2/c1-13-2-4-20(26)19-12-21(28-23(13)19)24(31)27-17-9-15(8-16(25)11-17)14-6-7-29-18(10-14)3-5-22(29)30/h13-21,23,28H,2-12H2,1H3,(H,27,31)/t13?,14-,15?,16?,17?,18-,19?,20?,21?,23?/m0/s1. The highest BCUT2D eigenvalue weighted by Gasteiger charge is 2.47. The van der Waals surface area contributed by atoms with Crippen LogP contribution in [0.2, 0.25) is 0 Å². The molecule has 3 heterocycles. The number of fused-ring (bicyclic) bond motifs is 2. The van der Waals surface area contributed by atoms with Gasteiger partial charge in [0.15, 0.2) is 0 Å². The van der Waals surface area contributed by atoms with Crippen molar-refractivity contribution in [1.29, 1.82) is 0 Å². The van der Waals surface area contributed by atoms with Gasteiger partial charge in [-0.2, -0.15) is 0 Å². The summed E-state index contributed by atoms with van der Waals surface area (Å²) in [4.78, 5) is 27.0. The number of alkyl halides is 2. The van der Waals surface area contributed by atoms with E-state index in [9.17, 15) is 18.4 Å². The van der Waals surface area contributed by atoms with E-state index in [1.807, 2.05) is 4.90 Å². The molecule has 3 aliphatic heterocycles. The van der Waals surface area contributed by atoms with E-state index in [1.54, 1.807) is 0 Å². The molecule has 0 aromatic heterocycles. The highest BCUT2D eigenvalue weighted by molar-refractivity contribution is 5.82. The molecule has 5 rings (SSSR count). The van der Waals surface area contributed by atoms with Crippen molar-refractivity contribution >= 4 is 11.8 Å². The lowest BCUT2D eigenvalue weighted by Gasteiger charge is -2.42. The maximum atomic E-state index is 14.7. The van der Waals surface area contributed by atoms with Crippen LogP contribution < -0.4 is 10.6 Å². The molecule has 0 aromatic carbocycles. The van der Waals surface area contributed by atoms with E-state index < -0.39 is 12.3 Å². The maximum absolute atomic E-state index is 14.7. The fraction of sp³-hybridized carbons (Fsp3) is 0.917. The molecule has 5 nitrogen and oxygen atoms in total. The summed E-state index contributed by atoms with van der Waals surface area (Å²) in [6.07, 6.45) is 5.58. The van der Waals surface area contributed by atoms with Gasteiger partial charge in [0.2, 0.25) is 11.8 Å². The molecular formula is C24H37F2N3O2. The topological polar surface area (TPSA) is 61.4 Å². The second-order valence-corrected chi connectivity index (χ2v) is 11.0. The lowest BCUT2D eigenvalue weighted by atomic mass is 9.72. The minimum Gasteiger partial charge on any atom is -0.352 e. The minimum atomic E-state index is -0.887. The molecule has 7 heteroatoms. The molecule has 2 aliphatic carbocycles. The summed E-state index contributed by atoms with van der Waals surface area (Å²) in [6.45, 7) is 2.94. The second kappa shape index (κ2) is 8.60. The van der Waals surface area contributed by atoms with Gasteiger partial charge < -0.3 is 15.5 Å². The third-order valence-corrected chi connectivity index (χ3v) is 9.12. The van der Waals surface area contributed by atoms with Gasteiger partial charge in [0, 0.05) is 37.0 Å². The van der Waals surface area contributed by atoms with Crippen LogP contribution in [0.1, 0.15) is 71.1 Å². The highest BCUT2D eigenvalue weighted by Crippen LogP contribution is 2.42. The summed E-state index contributed by atoms with van der Waals surface area (Å²) in [6, 6.07) is -0.0970. The third-order valence-electron chi connectivity index (χ3n) is 9.12. The van der Waals surface area contributed by atoms with Gasteiger partial charge in [-0.05, 0) is 75.5 Å². The van der Waals surface area contributed by atoms with Crippen molar-refractivity contribution in [1.82, 2.24) is 15.5 Å². The first-order valence-corrected chi connectivity index (χ1v) is 12.5. The number of hydrogen-bond acceptors (Lipinski definition) is 3. The molecule has 0 aromatic rings. The van der Waals surface area contributed by atoms with Crippen LogP contribution in [0.25, 0.3) is 0 Å². The Hall–Kier alpha value is -1.24. The number of halogens is 2. The Morgan fingerprint density at radius 2 is 1.87 bits per heavy atom. The van der Waals surface area contributed by atoms with E-state index in [1.165, 1.54) is 0 Å². The summed E-state index contributed by atoms with van der Waals surface area (Å²) < 4.78 is 29.0. The molecule has 0 bridgehead atoms. The zero-order chi connectivity index (χ0) is 21.7. The van der Waals surface area contributed by atoms with Crippen molar-refractivity contribution in [2.24, 2.45) is 23.7 Å². The Morgan fingerprint density at radius 3 is 2.68 bits per heavy atom. The highest BCUT2D eigenvalue weighted by atomic mass is 19.1. The molecule has 2 saturated carbocycles. The summed E-state index contributed by atoms with van der Waals surface area (Å²) in [5, 5.41) is 6.52. The molecule has 5 aliphatic rings. The number of carbonyl (C=O) groups excluding carboxylic acids is 2. The van der Waals surface area contributed by atoms with Crippen LogP contribution in [0, 0.1) is 23.7 Å². The summed E-state index contributed by atoms with van der Waals surface area (Å²) in [7, 11) is 0. The normalized spacial score (nSPS) is 47.7. The van der Waals surface area contributed by atoms with Crippen molar-refractivity contribution in [2.75, 3.05) is 6.54 Å². The summed E-state index contributed by atoms with van der Waals surface area (Å²) in [5.74, 6) is 1.20. The number of piperidine rings is 1. The molecule has 2 N–H and O–H groups in total. The molecule has 5 fully saturated rings. The van der Waals surface area contributed by atoms with Gasteiger partial charge >= 0.3 is 0 Å². The first-order valence-electron chi connectivity index (χ1n) is 12.5. The lowest BCUT2D eigenvalue weighted by molar-refractivity contribution is -0.131. The Morgan fingerprint density at radius 1 is 1.03 bits per heavy atom. The largest absolute Gasteiger partial charge is 0.352 e. The maximum Gasteiger partial charge on any atom is 0.237 e. The fourth-order valence-electron chi connectivity index (χ4n) is 7.44. The van der Waals surface area contributed by atoms with Gasteiger partial charge in [-0.3, -0.25) is 9.59 Å². The summed E-state index contributed by atoms with van der Waals surface area (Å²) in [5.41, 5.74) is 0. The van der Waals surface area contributed by atoms with Crippen molar-refractivity contribution in [3.05, 3.63) is 0 Å². The van der Waals surface area contributed by atoms with Crippen LogP contribution >= 0.6 is 0 Å². The molecule has 8 unspecified atom stereocenters. The predicted molar refractivity (Wildman–Crippen MR) is 114 cm³/mol. The molecule has 0 radical (unpaired) electrons. The van der Waals surface area contributed by atoms with E-state index in [-0.39, 0.29) is 41.8 Å². The fourth-order valence-corrected chi connectivity index (χ4v) is 7.44. The average Bonchev–Trinajstić information content (AvgIpc) is 3.35. The van der Waals surface area contributed by atoms with E-state index in [4.69, 9.17) is 0 Å². The lowest BCUT2D eigenvalue weighted by Crippen LogP contribution is -2.51. The Kier molecular flexibility index (Phi) is 5.99. The van der Waals surface area contributed by atoms with Gasteiger partial charge in [-0.25, -0.2) is 8.78 Å². The third kappa shape index (κ3) is 4.23. The van der Waals surface area contributed by atoms with Gasteiger partial charge in [0.05, 0.1) is 6.04 Å². The molecular weight excluding hydrogens is 400 g/mol. The smallest absolute Gasteiger partial charge is 0.237 e. The molecule has 3 saturated heterocycles. The Labute approximate surface area is 184 Å². The SMILES string of the molecule is CC1CCC(F)C2CC(C(=O)NC3CC(F)CC([C@H]4CCN5C(=O)CC[C@H]5C4)C3)NC12. The first-order chi connectivity index (χ1) is 14.9. The predicted octanol–water partition coefficient (Wildman–Crippen LogP) is 3.13. The van der Waals surface area contributed by atoms with Crippen LogP contribution in [0.3, 0.4) is 0 Å². The van der Waals surface area contributed by atoms with Crippen LogP contribution in [0.5, 0.6) is 0 Å². The molecule has 174 valence electrons. The zero-order valence-electron chi connectivity index (χ0n) is 18.6. The van der Waals surface area contributed by atoms with Gasteiger partial charge in [-0.15, -0.1) is 0 Å². The quantitative estimate of drug-likeness (QED) is 0.713. The first kappa shape index (κ1) is 21.6. The molecule has 0 spiro atoms. The number of hydrogen-bond donors (Lipinski definition) is 2. The number of carbonyl (C=O) groups is 2. The average molecular weight is 438 g/mol. The van der Waals surface area contributed by atoms with Gasteiger partial charge in [0.1, 0.15) is 12.3 Å². The van der Waals surface area contributed by atoms with E-state index in [0.717, 1.165) is 38.6 Å². The molecule has 10 atom stereocenters. The monoisotopic (exact) mass is 437 g/mol. The van der Waals surface area contributed by atoms with Crippen molar-refractivity contribution in [2.45, 2.75) is 108 Å².